The highest BCUT2D eigenvalue weighted by molar-refractivity contribution is 5.92. The highest BCUT2D eigenvalue weighted by Gasteiger charge is 2.37. The fraction of sp³-hybridized carbons (Fsp3) is 0.368. The van der Waals surface area contributed by atoms with Gasteiger partial charge in [0.1, 0.15) is 5.69 Å². The van der Waals surface area contributed by atoms with Crippen LogP contribution in [0.4, 0.5) is 0 Å². The minimum absolute atomic E-state index is 0.0349. The number of rotatable bonds is 6. The molecule has 2 amide bonds. The Hall–Kier alpha value is -3.00. The van der Waals surface area contributed by atoms with Gasteiger partial charge >= 0.3 is 0 Å². The van der Waals surface area contributed by atoms with Crippen LogP contribution in [-0.4, -0.2) is 51.9 Å². The lowest BCUT2D eigenvalue weighted by atomic mass is 10.1. The summed E-state index contributed by atoms with van der Waals surface area (Å²) in [6.45, 7) is 3.64. The monoisotopic (exact) mass is 369 g/mol. The second kappa shape index (κ2) is 8.59. The Morgan fingerprint density at radius 1 is 1.30 bits per heavy atom. The van der Waals surface area contributed by atoms with Gasteiger partial charge in [-0.1, -0.05) is 30.3 Å². The molecule has 1 aliphatic heterocycles. The topological polar surface area (TPSA) is 107 Å². The van der Waals surface area contributed by atoms with E-state index in [2.05, 4.69) is 25.5 Å². The molecule has 142 valence electrons. The van der Waals surface area contributed by atoms with Crippen LogP contribution < -0.4 is 16.2 Å². The number of hydrogen-bond acceptors (Lipinski definition) is 5. The summed E-state index contributed by atoms with van der Waals surface area (Å²) >= 11 is 0. The molecule has 2 heterocycles. The standard InChI is InChI=1S/C19H23N5O3/c1-2-20-19(27)16-8-14(12-24(16)11-13-6-4-3-5-7-13)23-18(26)15-9-22-17(25)10-21-15/h3-7,9-10,14,16H,2,8,11-12H2,1H3,(H,20,27)(H,22,25)(H,23,26)/t14-,16-/m0/s1. The van der Waals surface area contributed by atoms with Gasteiger partial charge < -0.3 is 15.6 Å². The van der Waals surface area contributed by atoms with E-state index in [1.165, 1.54) is 6.20 Å². The summed E-state index contributed by atoms with van der Waals surface area (Å²) in [7, 11) is 0. The van der Waals surface area contributed by atoms with E-state index < -0.39 is 0 Å². The number of aromatic nitrogens is 2. The van der Waals surface area contributed by atoms with E-state index in [4.69, 9.17) is 0 Å². The van der Waals surface area contributed by atoms with Crippen LogP contribution in [0.1, 0.15) is 29.4 Å². The van der Waals surface area contributed by atoms with Crippen LogP contribution in [0.25, 0.3) is 0 Å². The van der Waals surface area contributed by atoms with Gasteiger partial charge in [-0.2, -0.15) is 0 Å². The molecule has 27 heavy (non-hydrogen) atoms. The summed E-state index contributed by atoms with van der Waals surface area (Å²) in [4.78, 5) is 44.3. The Morgan fingerprint density at radius 3 is 2.74 bits per heavy atom. The zero-order chi connectivity index (χ0) is 19.2. The van der Waals surface area contributed by atoms with Crippen molar-refractivity contribution in [1.82, 2.24) is 25.5 Å². The van der Waals surface area contributed by atoms with Gasteiger partial charge in [-0.05, 0) is 18.9 Å². The normalized spacial score (nSPS) is 19.6. The number of likely N-dealkylation sites (tertiary alicyclic amines) is 1. The molecule has 2 aromatic rings. The molecule has 1 aliphatic rings. The largest absolute Gasteiger partial charge is 0.355 e. The molecule has 1 aromatic carbocycles. The number of benzene rings is 1. The third-order valence-electron chi connectivity index (χ3n) is 4.53. The van der Waals surface area contributed by atoms with E-state index in [0.29, 0.717) is 26.1 Å². The summed E-state index contributed by atoms with van der Waals surface area (Å²) < 4.78 is 0. The fourth-order valence-corrected chi connectivity index (χ4v) is 3.29. The van der Waals surface area contributed by atoms with E-state index in [1.807, 2.05) is 37.3 Å². The van der Waals surface area contributed by atoms with Crippen molar-refractivity contribution in [3.8, 4) is 0 Å². The summed E-state index contributed by atoms with van der Waals surface area (Å²) in [6.07, 6.45) is 2.88. The highest BCUT2D eigenvalue weighted by atomic mass is 16.2. The van der Waals surface area contributed by atoms with Crippen molar-refractivity contribution in [2.75, 3.05) is 13.1 Å². The first-order valence-corrected chi connectivity index (χ1v) is 8.98. The Morgan fingerprint density at radius 2 is 2.07 bits per heavy atom. The van der Waals surface area contributed by atoms with Gasteiger partial charge in [0.25, 0.3) is 11.5 Å². The summed E-state index contributed by atoms with van der Waals surface area (Å²) in [6, 6.07) is 9.44. The van der Waals surface area contributed by atoms with Gasteiger partial charge in [0.15, 0.2) is 0 Å². The number of aromatic amines is 1. The quantitative estimate of drug-likeness (QED) is 0.678. The van der Waals surface area contributed by atoms with Crippen molar-refractivity contribution in [3.05, 3.63) is 64.3 Å². The second-order valence-corrected chi connectivity index (χ2v) is 6.53. The van der Waals surface area contributed by atoms with E-state index in [9.17, 15) is 14.4 Å². The molecule has 2 atom stereocenters. The van der Waals surface area contributed by atoms with Gasteiger partial charge in [-0.3, -0.25) is 19.3 Å². The highest BCUT2D eigenvalue weighted by Crippen LogP contribution is 2.21. The lowest BCUT2D eigenvalue weighted by molar-refractivity contribution is -0.125. The van der Waals surface area contributed by atoms with E-state index in [-0.39, 0.29) is 35.2 Å². The lowest BCUT2D eigenvalue weighted by Crippen LogP contribution is -2.42. The van der Waals surface area contributed by atoms with E-state index in [1.54, 1.807) is 0 Å². The van der Waals surface area contributed by atoms with Gasteiger partial charge in [0.2, 0.25) is 5.91 Å². The first kappa shape index (κ1) is 18.8. The predicted octanol–water partition coefficient (Wildman–Crippen LogP) is 0.279. The van der Waals surface area contributed by atoms with Crippen molar-refractivity contribution in [3.63, 3.8) is 0 Å². The molecule has 8 nitrogen and oxygen atoms in total. The van der Waals surface area contributed by atoms with Crippen molar-refractivity contribution >= 4 is 11.8 Å². The molecule has 0 unspecified atom stereocenters. The van der Waals surface area contributed by atoms with Gasteiger partial charge in [-0.15, -0.1) is 0 Å². The molecule has 1 fully saturated rings. The van der Waals surface area contributed by atoms with Gasteiger partial charge in [0, 0.05) is 31.9 Å². The number of nitrogens with one attached hydrogen (secondary N) is 3. The fourth-order valence-electron chi connectivity index (χ4n) is 3.29. The Kier molecular flexibility index (Phi) is 5.97. The van der Waals surface area contributed by atoms with Crippen LogP contribution >= 0.6 is 0 Å². The molecule has 0 radical (unpaired) electrons. The molecule has 0 aliphatic carbocycles. The number of hydrogen-bond donors (Lipinski definition) is 3. The van der Waals surface area contributed by atoms with E-state index >= 15 is 0 Å². The third kappa shape index (κ3) is 4.79. The zero-order valence-corrected chi connectivity index (χ0v) is 15.1. The maximum atomic E-state index is 12.5. The average molecular weight is 369 g/mol. The van der Waals surface area contributed by atoms with Crippen LogP contribution in [0.5, 0.6) is 0 Å². The minimum Gasteiger partial charge on any atom is -0.355 e. The maximum Gasteiger partial charge on any atom is 0.271 e. The average Bonchev–Trinajstić information content (AvgIpc) is 3.05. The number of carbonyl (C=O) groups excluding carboxylic acids is 2. The van der Waals surface area contributed by atoms with Crippen LogP contribution in [0.3, 0.4) is 0 Å². The van der Waals surface area contributed by atoms with E-state index in [0.717, 1.165) is 11.8 Å². The Balaban J connectivity index is 1.69. The molecule has 8 heteroatoms. The van der Waals surface area contributed by atoms with Crippen LogP contribution in [0.15, 0.2) is 47.5 Å². The van der Waals surface area contributed by atoms with Crippen LogP contribution in [0, 0.1) is 0 Å². The molecule has 3 rings (SSSR count). The zero-order valence-electron chi connectivity index (χ0n) is 15.1. The third-order valence-corrected chi connectivity index (χ3v) is 4.53. The minimum atomic E-state index is -0.368. The van der Waals surface area contributed by atoms with Crippen molar-refractivity contribution in [2.45, 2.75) is 32.0 Å². The predicted molar refractivity (Wildman–Crippen MR) is 100 cm³/mol. The summed E-state index contributed by atoms with van der Waals surface area (Å²) in [5.74, 6) is -0.403. The molecule has 0 bridgehead atoms. The van der Waals surface area contributed by atoms with Crippen molar-refractivity contribution < 1.29 is 9.59 Å². The summed E-state index contributed by atoms with van der Waals surface area (Å²) in [5.41, 5.74) is 0.893. The number of likely N-dealkylation sites (N-methyl/N-ethyl adjacent to an activating group) is 1. The van der Waals surface area contributed by atoms with Crippen LogP contribution in [-0.2, 0) is 11.3 Å². The van der Waals surface area contributed by atoms with Gasteiger partial charge in [0.05, 0.1) is 12.2 Å². The molecular weight excluding hydrogens is 346 g/mol. The molecule has 1 aromatic heterocycles. The summed E-state index contributed by atoms with van der Waals surface area (Å²) in [5, 5.41) is 5.78. The molecule has 1 saturated heterocycles. The number of H-pyrrole nitrogens is 1. The smallest absolute Gasteiger partial charge is 0.271 e. The SMILES string of the molecule is CCNC(=O)[C@@H]1C[C@H](NC(=O)c2c[nH]c(=O)cn2)CN1Cc1ccccc1. The van der Waals surface area contributed by atoms with Crippen molar-refractivity contribution in [2.24, 2.45) is 0 Å². The lowest BCUT2D eigenvalue weighted by Gasteiger charge is -2.23. The molecular formula is C19H23N5O3. The van der Waals surface area contributed by atoms with Gasteiger partial charge in [-0.25, -0.2) is 4.98 Å². The maximum absolute atomic E-state index is 12.5. The van der Waals surface area contributed by atoms with Crippen LogP contribution in [0.2, 0.25) is 0 Å². The Bertz CT molecular complexity index is 831. The molecule has 0 saturated carbocycles. The number of carbonyl (C=O) groups is 2. The first-order valence-electron chi connectivity index (χ1n) is 8.98. The molecule has 3 N–H and O–H groups in total. The molecule has 0 spiro atoms. The Labute approximate surface area is 157 Å². The second-order valence-electron chi connectivity index (χ2n) is 6.53. The first-order chi connectivity index (χ1) is 13.1. The number of nitrogens with zero attached hydrogens (tertiary/aromatic N) is 2. The number of amides is 2. The van der Waals surface area contributed by atoms with Crippen molar-refractivity contribution in [1.29, 1.82) is 0 Å².